The number of aliphatic imine (C=N–C) groups is 1. The Kier molecular flexibility index (Phi) is 4.28. The Labute approximate surface area is 119 Å². The van der Waals surface area contributed by atoms with Crippen LogP contribution in [0.2, 0.25) is 0 Å². The minimum atomic E-state index is -4.44. The van der Waals surface area contributed by atoms with Crippen LogP contribution in [0.5, 0.6) is 0 Å². The zero-order valence-corrected chi connectivity index (χ0v) is 11.1. The average molecular weight is 294 g/mol. The summed E-state index contributed by atoms with van der Waals surface area (Å²) in [5.41, 5.74) is 2.75. The van der Waals surface area contributed by atoms with E-state index in [1.165, 1.54) is 12.1 Å². The minimum absolute atomic E-state index is 0.0510. The van der Waals surface area contributed by atoms with E-state index in [-0.39, 0.29) is 11.4 Å². The lowest BCUT2D eigenvalue weighted by atomic mass is 10.1. The average Bonchev–Trinajstić information content (AvgIpc) is 2.46. The van der Waals surface area contributed by atoms with Crippen LogP contribution in [0.3, 0.4) is 0 Å². The fourth-order valence-corrected chi connectivity index (χ4v) is 1.75. The molecule has 0 saturated heterocycles. The number of nitrogens with zero attached hydrogens (tertiary/aromatic N) is 1. The van der Waals surface area contributed by atoms with Crippen LogP contribution in [0.1, 0.15) is 16.7 Å². The maximum atomic E-state index is 12.7. The maximum Gasteiger partial charge on any atom is 0.416 e. The highest BCUT2D eigenvalue weighted by Crippen LogP contribution is 2.29. The Morgan fingerprint density at radius 2 is 1.76 bits per heavy atom. The first-order chi connectivity index (χ1) is 9.90. The van der Waals surface area contributed by atoms with Crippen LogP contribution in [-0.2, 0) is 6.18 Å². The number of benzene rings is 2. The van der Waals surface area contributed by atoms with Crippen molar-refractivity contribution in [3.8, 4) is 0 Å². The predicted octanol–water partition coefficient (Wildman–Crippen LogP) is 4.07. The quantitative estimate of drug-likeness (QED) is 0.498. The van der Waals surface area contributed by atoms with E-state index in [9.17, 15) is 13.2 Å². The third-order valence-electron chi connectivity index (χ3n) is 2.84. The van der Waals surface area contributed by atoms with Gasteiger partial charge in [0.05, 0.1) is 11.3 Å². The van der Waals surface area contributed by atoms with Crippen LogP contribution in [0.15, 0.2) is 53.5 Å². The fourth-order valence-electron chi connectivity index (χ4n) is 1.75. The Balaban J connectivity index is 2.39. The standard InChI is InChI=1S/C15H13F3N2O/c1-10-5-7-13(8-6-10)19-14(20-21)11-3-2-4-12(9-11)15(16,17)18/h2-9,21H,1H3,(H,19,20). The Hall–Kier alpha value is -2.34. The van der Waals surface area contributed by atoms with Crippen LogP contribution in [-0.4, -0.2) is 11.0 Å². The molecule has 0 saturated carbocycles. The van der Waals surface area contributed by atoms with E-state index >= 15 is 0 Å². The van der Waals surface area contributed by atoms with Gasteiger partial charge in [0.25, 0.3) is 0 Å². The number of nitrogens with one attached hydrogen (secondary N) is 1. The van der Waals surface area contributed by atoms with E-state index in [0.29, 0.717) is 5.69 Å². The zero-order chi connectivity index (χ0) is 15.5. The molecule has 0 amide bonds. The van der Waals surface area contributed by atoms with E-state index in [0.717, 1.165) is 17.7 Å². The van der Waals surface area contributed by atoms with Gasteiger partial charge in [0.2, 0.25) is 0 Å². The van der Waals surface area contributed by atoms with Crippen molar-refractivity contribution in [2.45, 2.75) is 13.1 Å². The summed E-state index contributed by atoms with van der Waals surface area (Å²) in [5.74, 6) is -0.0510. The van der Waals surface area contributed by atoms with Crippen molar-refractivity contribution in [2.24, 2.45) is 4.99 Å². The summed E-state index contributed by atoms with van der Waals surface area (Å²) in [7, 11) is 0. The van der Waals surface area contributed by atoms with Crippen LogP contribution in [0, 0.1) is 6.92 Å². The number of hydrogen-bond acceptors (Lipinski definition) is 2. The monoisotopic (exact) mass is 294 g/mol. The smallest absolute Gasteiger partial charge is 0.290 e. The highest BCUT2D eigenvalue weighted by molar-refractivity contribution is 5.99. The zero-order valence-electron chi connectivity index (χ0n) is 11.1. The number of hydroxylamine groups is 1. The Morgan fingerprint density at radius 3 is 2.33 bits per heavy atom. The molecular weight excluding hydrogens is 281 g/mol. The molecule has 0 aliphatic heterocycles. The van der Waals surface area contributed by atoms with Crippen LogP contribution in [0.25, 0.3) is 0 Å². The number of rotatable bonds is 2. The van der Waals surface area contributed by atoms with Gasteiger partial charge >= 0.3 is 6.18 Å². The van der Waals surface area contributed by atoms with Gasteiger partial charge in [0.15, 0.2) is 5.84 Å². The van der Waals surface area contributed by atoms with Gasteiger partial charge in [-0.15, -0.1) is 0 Å². The van der Waals surface area contributed by atoms with Gasteiger partial charge in [-0.05, 0) is 31.2 Å². The molecule has 0 spiro atoms. The third kappa shape index (κ3) is 3.82. The van der Waals surface area contributed by atoms with Crippen molar-refractivity contribution in [3.05, 3.63) is 65.2 Å². The molecule has 0 aliphatic carbocycles. The first-order valence-corrected chi connectivity index (χ1v) is 6.13. The van der Waals surface area contributed by atoms with E-state index < -0.39 is 11.7 Å². The van der Waals surface area contributed by atoms with Gasteiger partial charge in [-0.1, -0.05) is 29.8 Å². The summed E-state index contributed by atoms with van der Waals surface area (Å²) < 4.78 is 38.1. The molecule has 3 nitrogen and oxygen atoms in total. The Bertz CT molecular complexity index is 649. The molecule has 21 heavy (non-hydrogen) atoms. The highest BCUT2D eigenvalue weighted by Gasteiger charge is 2.30. The molecule has 2 rings (SSSR count). The van der Waals surface area contributed by atoms with Crippen molar-refractivity contribution in [1.82, 2.24) is 5.48 Å². The normalized spacial score (nSPS) is 12.3. The van der Waals surface area contributed by atoms with Gasteiger partial charge in [-0.3, -0.25) is 10.7 Å². The lowest BCUT2D eigenvalue weighted by molar-refractivity contribution is -0.137. The van der Waals surface area contributed by atoms with E-state index in [2.05, 4.69) is 4.99 Å². The highest BCUT2D eigenvalue weighted by atomic mass is 19.4. The van der Waals surface area contributed by atoms with E-state index in [1.807, 2.05) is 24.5 Å². The molecule has 2 aromatic carbocycles. The SMILES string of the molecule is Cc1ccc(N=C(NO)c2cccc(C(F)(F)F)c2)cc1. The number of aryl methyl sites for hydroxylation is 1. The fraction of sp³-hybridized carbons (Fsp3) is 0.133. The number of alkyl halides is 3. The number of hydrogen-bond donors (Lipinski definition) is 2. The molecule has 0 aliphatic rings. The molecule has 6 heteroatoms. The molecule has 0 unspecified atom stereocenters. The van der Waals surface area contributed by atoms with E-state index in [1.54, 1.807) is 12.1 Å². The summed E-state index contributed by atoms with van der Waals surface area (Å²) in [6, 6.07) is 11.6. The summed E-state index contributed by atoms with van der Waals surface area (Å²) in [6.45, 7) is 1.91. The number of halogens is 3. The predicted molar refractivity (Wildman–Crippen MR) is 73.7 cm³/mol. The van der Waals surface area contributed by atoms with Crippen LogP contribution < -0.4 is 5.48 Å². The molecule has 0 fully saturated rings. The van der Waals surface area contributed by atoms with E-state index in [4.69, 9.17) is 5.21 Å². The first kappa shape index (κ1) is 15.1. The lowest BCUT2D eigenvalue weighted by Crippen LogP contribution is -2.20. The lowest BCUT2D eigenvalue weighted by Gasteiger charge is -2.10. The molecule has 110 valence electrons. The summed E-state index contributed by atoms with van der Waals surface area (Å²) in [5, 5.41) is 9.13. The van der Waals surface area contributed by atoms with Crippen LogP contribution >= 0.6 is 0 Å². The second-order valence-electron chi connectivity index (χ2n) is 4.49. The topological polar surface area (TPSA) is 44.6 Å². The van der Waals surface area contributed by atoms with Crippen molar-refractivity contribution >= 4 is 11.5 Å². The third-order valence-corrected chi connectivity index (χ3v) is 2.84. The maximum absolute atomic E-state index is 12.7. The molecule has 2 aromatic rings. The summed E-state index contributed by atoms with van der Waals surface area (Å²) >= 11 is 0. The van der Waals surface area contributed by atoms with Crippen molar-refractivity contribution in [1.29, 1.82) is 0 Å². The Morgan fingerprint density at radius 1 is 1.10 bits per heavy atom. The molecule has 2 N–H and O–H groups in total. The van der Waals surface area contributed by atoms with Crippen molar-refractivity contribution in [2.75, 3.05) is 0 Å². The molecule has 0 radical (unpaired) electrons. The second kappa shape index (κ2) is 5.97. The first-order valence-electron chi connectivity index (χ1n) is 6.13. The van der Waals surface area contributed by atoms with Gasteiger partial charge in [0.1, 0.15) is 0 Å². The second-order valence-corrected chi connectivity index (χ2v) is 4.49. The van der Waals surface area contributed by atoms with Gasteiger partial charge in [-0.25, -0.2) is 4.99 Å². The van der Waals surface area contributed by atoms with Gasteiger partial charge in [0, 0.05) is 5.56 Å². The van der Waals surface area contributed by atoms with Crippen molar-refractivity contribution in [3.63, 3.8) is 0 Å². The van der Waals surface area contributed by atoms with Gasteiger partial charge in [-0.2, -0.15) is 13.2 Å². The molecule has 0 aromatic heterocycles. The summed E-state index contributed by atoms with van der Waals surface area (Å²) in [4.78, 5) is 4.10. The minimum Gasteiger partial charge on any atom is -0.290 e. The van der Waals surface area contributed by atoms with Crippen molar-refractivity contribution < 1.29 is 18.4 Å². The number of amidine groups is 1. The molecular formula is C15H13F3N2O. The largest absolute Gasteiger partial charge is 0.416 e. The van der Waals surface area contributed by atoms with Crippen LogP contribution in [0.4, 0.5) is 18.9 Å². The van der Waals surface area contributed by atoms with Gasteiger partial charge < -0.3 is 0 Å². The summed E-state index contributed by atoms with van der Waals surface area (Å²) in [6.07, 6.45) is -4.44. The molecule has 0 atom stereocenters. The molecule has 0 heterocycles. The molecule has 0 bridgehead atoms.